The van der Waals surface area contributed by atoms with Crippen LogP contribution < -0.4 is 10.1 Å². The molecule has 21 heavy (non-hydrogen) atoms. The van der Waals surface area contributed by atoms with Gasteiger partial charge in [0.05, 0.1) is 5.69 Å². The van der Waals surface area contributed by atoms with Crippen LogP contribution in [0, 0.1) is 24.4 Å². The van der Waals surface area contributed by atoms with Gasteiger partial charge in [-0.3, -0.25) is 4.79 Å². The van der Waals surface area contributed by atoms with E-state index in [2.05, 4.69) is 5.32 Å². The summed E-state index contributed by atoms with van der Waals surface area (Å²) >= 11 is 0. The van der Waals surface area contributed by atoms with Crippen LogP contribution in [0.15, 0.2) is 36.4 Å². The van der Waals surface area contributed by atoms with Gasteiger partial charge in [-0.2, -0.15) is 0 Å². The Labute approximate surface area is 119 Å². The number of carbonyl (C=O) groups is 1. The predicted octanol–water partition coefficient (Wildman–Crippen LogP) is 3.43. The molecule has 0 unspecified atom stereocenters. The number of hydrogen-bond donors (Lipinski definition) is 1. The first kappa shape index (κ1) is 14.9. The summed E-state index contributed by atoms with van der Waals surface area (Å²) in [5.41, 5.74) is 0.599. The lowest BCUT2D eigenvalue weighted by atomic mass is 10.2. The molecule has 0 heterocycles. The van der Waals surface area contributed by atoms with Crippen molar-refractivity contribution in [2.45, 2.75) is 6.92 Å². The summed E-state index contributed by atoms with van der Waals surface area (Å²) < 4.78 is 44.3. The van der Waals surface area contributed by atoms with Crippen LogP contribution in [0.1, 0.15) is 5.56 Å². The van der Waals surface area contributed by atoms with E-state index in [-0.39, 0.29) is 6.61 Å². The summed E-state index contributed by atoms with van der Waals surface area (Å²) in [6.45, 7) is 1.53. The Morgan fingerprint density at radius 1 is 1.05 bits per heavy atom. The second kappa shape index (κ2) is 6.30. The molecule has 2 aromatic rings. The maximum atomic E-state index is 13.4. The van der Waals surface area contributed by atoms with E-state index in [0.29, 0.717) is 5.75 Å². The average molecular weight is 295 g/mol. The molecule has 0 radical (unpaired) electrons. The minimum absolute atomic E-state index is 0.374. The van der Waals surface area contributed by atoms with Gasteiger partial charge in [-0.25, -0.2) is 13.2 Å². The van der Waals surface area contributed by atoms with Crippen molar-refractivity contribution in [3.63, 3.8) is 0 Å². The maximum absolute atomic E-state index is 13.4. The number of carbonyl (C=O) groups excluding carboxylic acids is 1. The number of aryl methyl sites for hydroxylation is 1. The van der Waals surface area contributed by atoms with Crippen LogP contribution in [0.3, 0.4) is 0 Å². The largest absolute Gasteiger partial charge is 0.484 e. The van der Waals surface area contributed by atoms with Crippen LogP contribution in [0.25, 0.3) is 0 Å². The number of ether oxygens (including phenoxy) is 1. The number of halogens is 3. The van der Waals surface area contributed by atoms with Crippen LogP contribution in [-0.4, -0.2) is 12.5 Å². The Hall–Kier alpha value is -2.50. The molecule has 1 amide bonds. The van der Waals surface area contributed by atoms with E-state index in [1.807, 2.05) is 19.1 Å². The lowest BCUT2D eigenvalue weighted by Gasteiger charge is -2.09. The van der Waals surface area contributed by atoms with E-state index >= 15 is 0 Å². The SMILES string of the molecule is Cc1ccc(OCC(=O)Nc2ccc(F)c(F)c2F)cc1. The standard InChI is InChI=1S/C15H12F3NO2/c1-9-2-4-10(5-3-9)21-8-13(20)19-12-7-6-11(16)14(17)15(12)18/h2-7H,8H2,1H3,(H,19,20). The summed E-state index contributed by atoms with van der Waals surface area (Å²) in [4.78, 5) is 11.6. The quantitative estimate of drug-likeness (QED) is 0.878. The second-order valence-electron chi connectivity index (χ2n) is 4.37. The Bertz CT molecular complexity index is 657. The molecular weight excluding hydrogens is 283 g/mol. The molecular formula is C15H12F3NO2. The predicted molar refractivity (Wildman–Crippen MR) is 71.6 cm³/mol. The number of benzene rings is 2. The van der Waals surface area contributed by atoms with E-state index in [9.17, 15) is 18.0 Å². The minimum Gasteiger partial charge on any atom is -0.484 e. The van der Waals surface area contributed by atoms with E-state index in [4.69, 9.17) is 4.74 Å². The molecule has 0 saturated carbocycles. The first-order valence-corrected chi connectivity index (χ1v) is 6.10. The monoisotopic (exact) mass is 295 g/mol. The van der Waals surface area contributed by atoms with E-state index in [0.717, 1.165) is 17.7 Å². The number of anilines is 1. The molecule has 3 nitrogen and oxygen atoms in total. The molecule has 6 heteroatoms. The number of rotatable bonds is 4. The summed E-state index contributed by atoms with van der Waals surface area (Å²) in [6, 6.07) is 8.65. The van der Waals surface area contributed by atoms with Crippen molar-refractivity contribution in [1.82, 2.24) is 0 Å². The van der Waals surface area contributed by atoms with Gasteiger partial charge < -0.3 is 10.1 Å². The summed E-state index contributed by atoms with van der Waals surface area (Å²) in [6.07, 6.45) is 0. The molecule has 2 aromatic carbocycles. The van der Waals surface area contributed by atoms with Gasteiger partial charge in [0.15, 0.2) is 24.1 Å². The molecule has 0 aromatic heterocycles. The topological polar surface area (TPSA) is 38.3 Å². The van der Waals surface area contributed by atoms with Crippen LogP contribution in [-0.2, 0) is 4.79 Å². The fourth-order valence-electron chi connectivity index (χ4n) is 1.59. The minimum atomic E-state index is -1.63. The zero-order valence-corrected chi connectivity index (χ0v) is 11.1. The van der Waals surface area contributed by atoms with Gasteiger partial charge in [0, 0.05) is 0 Å². The Balaban J connectivity index is 1.96. The number of hydrogen-bond acceptors (Lipinski definition) is 2. The van der Waals surface area contributed by atoms with Gasteiger partial charge in [-0.15, -0.1) is 0 Å². The molecule has 2 rings (SSSR count). The molecule has 0 spiro atoms. The summed E-state index contributed by atoms with van der Waals surface area (Å²) in [5, 5.41) is 2.11. The van der Waals surface area contributed by atoms with E-state index in [1.54, 1.807) is 12.1 Å². The van der Waals surface area contributed by atoms with Crippen LogP contribution >= 0.6 is 0 Å². The number of nitrogens with one attached hydrogen (secondary N) is 1. The lowest BCUT2D eigenvalue weighted by molar-refractivity contribution is -0.118. The van der Waals surface area contributed by atoms with Gasteiger partial charge in [0.25, 0.3) is 5.91 Å². The zero-order chi connectivity index (χ0) is 15.4. The average Bonchev–Trinajstić information content (AvgIpc) is 2.47. The van der Waals surface area contributed by atoms with Crippen molar-refractivity contribution < 1.29 is 22.7 Å². The normalized spacial score (nSPS) is 10.3. The lowest BCUT2D eigenvalue weighted by Crippen LogP contribution is -2.21. The van der Waals surface area contributed by atoms with Crippen molar-refractivity contribution in [2.24, 2.45) is 0 Å². The fraction of sp³-hybridized carbons (Fsp3) is 0.133. The Morgan fingerprint density at radius 3 is 2.38 bits per heavy atom. The van der Waals surface area contributed by atoms with Gasteiger partial charge in [-0.1, -0.05) is 17.7 Å². The van der Waals surface area contributed by atoms with Crippen molar-refractivity contribution in [3.8, 4) is 5.75 Å². The third kappa shape index (κ3) is 3.75. The summed E-state index contributed by atoms with van der Waals surface area (Å²) in [5.74, 6) is -4.60. The third-order valence-electron chi connectivity index (χ3n) is 2.70. The molecule has 110 valence electrons. The third-order valence-corrected chi connectivity index (χ3v) is 2.70. The van der Waals surface area contributed by atoms with E-state index in [1.165, 1.54) is 0 Å². The molecule has 1 N–H and O–H groups in total. The van der Waals surface area contributed by atoms with Crippen LogP contribution in [0.4, 0.5) is 18.9 Å². The molecule has 0 atom stereocenters. The van der Waals surface area contributed by atoms with Crippen molar-refractivity contribution in [1.29, 1.82) is 0 Å². The van der Waals surface area contributed by atoms with Gasteiger partial charge >= 0.3 is 0 Å². The Kier molecular flexibility index (Phi) is 4.47. The van der Waals surface area contributed by atoms with Gasteiger partial charge in [-0.05, 0) is 31.2 Å². The highest BCUT2D eigenvalue weighted by molar-refractivity contribution is 5.92. The first-order valence-electron chi connectivity index (χ1n) is 6.10. The smallest absolute Gasteiger partial charge is 0.262 e. The zero-order valence-electron chi connectivity index (χ0n) is 11.1. The Morgan fingerprint density at radius 2 is 1.71 bits per heavy atom. The highest BCUT2D eigenvalue weighted by Crippen LogP contribution is 2.19. The number of amides is 1. The second-order valence-corrected chi connectivity index (χ2v) is 4.37. The molecule has 0 bridgehead atoms. The molecule has 0 fully saturated rings. The molecule has 0 aliphatic heterocycles. The van der Waals surface area contributed by atoms with Crippen molar-refractivity contribution in [2.75, 3.05) is 11.9 Å². The maximum Gasteiger partial charge on any atom is 0.262 e. The highest BCUT2D eigenvalue weighted by atomic mass is 19.2. The van der Waals surface area contributed by atoms with Crippen molar-refractivity contribution >= 4 is 11.6 Å². The molecule has 0 aliphatic rings. The first-order chi connectivity index (χ1) is 9.97. The van der Waals surface area contributed by atoms with Gasteiger partial charge in [0.1, 0.15) is 5.75 Å². The fourth-order valence-corrected chi connectivity index (χ4v) is 1.59. The summed E-state index contributed by atoms with van der Waals surface area (Å²) in [7, 11) is 0. The highest BCUT2D eigenvalue weighted by Gasteiger charge is 2.15. The van der Waals surface area contributed by atoms with Crippen LogP contribution in [0.2, 0.25) is 0 Å². The van der Waals surface area contributed by atoms with E-state index < -0.39 is 29.0 Å². The van der Waals surface area contributed by atoms with Gasteiger partial charge in [0.2, 0.25) is 0 Å². The molecule has 0 aliphatic carbocycles. The van der Waals surface area contributed by atoms with Crippen LogP contribution in [0.5, 0.6) is 5.75 Å². The van der Waals surface area contributed by atoms with Crippen molar-refractivity contribution in [3.05, 3.63) is 59.4 Å². The molecule has 0 saturated heterocycles.